The molecule has 5 N–H and O–H groups in total. The van der Waals surface area contributed by atoms with Gasteiger partial charge in [0.05, 0.1) is 6.10 Å². The van der Waals surface area contributed by atoms with Crippen molar-refractivity contribution in [3.63, 3.8) is 0 Å². The van der Waals surface area contributed by atoms with Crippen molar-refractivity contribution in [1.29, 1.82) is 0 Å². The Labute approximate surface area is 352 Å². The molecule has 0 aromatic heterocycles. The molecule has 3 heterocycles. The number of nitrogens with zero attached hydrogens (tertiary/aromatic N) is 3. The highest BCUT2D eigenvalue weighted by atomic mass is 19.4. The lowest BCUT2D eigenvalue weighted by Crippen LogP contribution is -2.63. The van der Waals surface area contributed by atoms with Gasteiger partial charge in [-0.25, -0.2) is 18.4 Å². The smallest absolute Gasteiger partial charge is 0.458 e. The zero-order chi connectivity index (χ0) is 45.8. The molecule has 2 aromatic carbocycles. The first-order valence-corrected chi connectivity index (χ1v) is 19.8. The minimum absolute atomic E-state index is 0.0411. The Morgan fingerprint density at radius 2 is 1.60 bits per heavy atom. The highest BCUT2D eigenvalue weighted by molar-refractivity contribution is 5.98. The normalized spacial score (nSPS) is 26.2. The number of carbonyl (C=O) groups excluding carboxylic acids is 7. The van der Waals surface area contributed by atoms with Crippen LogP contribution in [0.3, 0.4) is 0 Å². The molecular weight excluding hydrogens is 833 g/mol. The fraction of sp³-hybridized carbons (Fsp3) is 0.525. The molecule has 0 spiro atoms. The Morgan fingerprint density at radius 1 is 0.952 bits per heavy atom. The molecule has 0 radical (unpaired) electrons. The fourth-order valence-corrected chi connectivity index (χ4v) is 7.88. The van der Waals surface area contributed by atoms with E-state index in [2.05, 4.69) is 26.0 Å². The average molecular weight is 882 g/mol. The number of aliphatic hydroxyl groups is 1. The van der Waals surface area contributed by atoms with Crippen molar-refractivity contribution in [3.05, 3.63) is 59.7 Å². The molecule has 9 atom stereocenters. The topological polar surface area (TPSA) is 216 Å². The lowest BCUT2D eigenvalue weighted by Gasteiger charge is -2.37. The van der Waals surface area contributed by atoms with Crippen LogP contribution in [0.15, 0.2) is 42.5 Å². The van der Waals surface area contributed by atoms with E-state index in [0.717, 1.165) is 46.2 Å². The van der Waals surface area contributed by atoms with Gasteiger partial charge in [-0.15, -0.1) is 13.2 Å². The summed E-state index contributed by atoms with van der Waals surface area (Å²) in [6.45, 7) is 5.75. The number of aliphatic hydroxyl groups excluding tert-OH is 1. The van der Waals surface area contributed by atoms with Crippen LogP contribution in [-0.2, 0) is 39.9 Å². The van der Waals surface area contributed by atoms with E-state index in [-0.39, 0.29) is 49.5 Å². The van der Waals surface area contributed by atoms with Crippen LogP contribution in [0.25, 0.3) is 0 Å². The molecule has 3 aliphatic heterocycles. The monoisotopic (exact) mass is 881 g/mol. The molecule has 3 saturated heterocycles. The van der Waals surface area contributed by atoms with Gasteiger partial charge >= 0.3 is 18.4 Å². The third-order valence-electron chi connectivity index (χ3n) is 10.8. The molecule has 22 heteroatoms. The van der Waals surface area contributed by atoms with E-state index in [0.29, 0.717) is 6.07 Å². The van der Waals surface area contributed by atoms with Crippen LogP contribution < -0.4 is 26.0 Å². The van der Waals surface area contributed by atoms with E-state index in [9.17, 15) is 60.6 Å². The standard InChI is InChI=1S/C40H48F5N7O10/c1-19-13-30-38(59)61-22(4)31(37(58)51-12-6-7-29(51)36(57)50(5)32(21(3)53)34(55)46-20(2)35(56)52(30)18-19)49-33(54)28(16-23-14-24(41)17-25(42)15-23)48-39(60)47-26-8-10-27(11-9-26)62-40(43,44)45/h8-11,14-15,17,19-22,28-32,53H,6-7,12-13,16,18H2,1-5H3,(H,46,55)(H,49,54)(H2,47,48,60)/t19-,20-,21-,22-,28-,29-,30-,31-,32?/m0/s1. The summed E-state index contributed by atoms with van der Waals surface area (Å²) in [6, 6.07) is -3.54. The van der Waals surface area contributed by atoms with Crippen LogP contribution in [0.4, 0.5) is 32.4 Å². The quantitative estimate of drug-likeness (QED) is 0.192. The fourth-order valence-electron chi connectivity index (χ4n) is 7.88. The summed E-state index contributed by atoms with van der Waals surface area (Å²) >= 11 is 0. The summed E-state index contributed by atoms with van der Waals surface area (Å²) in [7, 11) is 1.25. The van der Waals surface area contributed by atoms with Crippen LogP contribution in [-0.4, -0.2) is 136 Å². The number of ether oxygens (including phenoxy) is 2. The Hall–Kier alpha value is -6.06. The third kappa shape index (κ3) is 11.4. The molecule has 338 valence electrons. The number of hydrogen-bond donors (Lipinski definition) is 5. The van der Waals surface area contributed by atoms with E-state index >= 15 is 0 Å². The molecule has 5 rings (SSSR count). The molecular formula is C40H48F5N7O10. The second-order valence-electron chi connectivity index (χ2n) is 15.7. The van der Waals surface area contributed by atoms with Gasteiger partial charge in [-0.2, -0.15) is 0 Å². The molecule has 0 aliphatic carbocycles. The van der Waals surface area contributed by atoms with Crippen molar-refractivity contribution in [2.75, 3.05) is 25.5 Å². The first-order chi connectivity index (χ1) is 29.0. The number of nitrogens with one attached hydrogen (secondary N) is 4. The number of likely N-dealkylation sites (N-methyl/N-ethyl adjacent to an activating group) is 1. The molecule has 2 aromatic rings. The average Bonchev–Trinajstić information content (AvgIpc) is 3.82. The number of carbonyl (C=O) groups is 7. The van der Waals surface area contributed by atoms with Gasteiger partial charge in [-0.05, 0) is 87.9 Å². The van der Waals surface area contributed by atoms with E-state index in [1.807, 2.05) is 0 Å². The minimum atomic E-state index is -4.99. The molecule has 3 fully saturated rings. The van der Waals surface area contributed by atoms with E-state index in [1.54, 1.807) is 6.92 Å². The van der Waals surface area contributed by atoms with E-state index in [4.69, 9.17) is 4.74 Å². The maximum Gasteiger partial charge on any atom is 0.573 e. The number of urea groups is 1. The van der Waals surface area contributed by atoms with Crippen LogP contribution >= 0.6 is 0 Å². The molecule has 62 heavy (non-hydrogen) atoms. The highest BCUT2D eigenvalue weighted by Crippen LogP contribution is 2.28. The number of halogens is 5. The summed E-state index contributed by atoms with van der Waals surface area (Å²) < 4.78 is 76.2. The molecule has 0 saturated carbocycles. The summed E-state index contributed by atoms with van der Waals surface area (Å²) in [5.41, 5.74) is -0.186. The SMILES string of the molecule is C[C@H]1C[C@H]2C(=O)O[C@@H](C)[C@H](NC(=O)[C@H](Cc3cc(F)cc(F)c3)NC(=O)Nc3ccc(OC(F)(F)F)cc3)C(=O)N3CCC[C@H]3C(=O)N(C)C([C@H](C)O)C(=O)N[C@@H](C)C(=O)N2C1. The number of esters is 1. The van der Waals surface area contributed by atoms with Gasteiger partial charge in [0, 0.05) is 38.3 Å². The third-order valence-corrected chi connectivity index (χ3v) is 10.8. The number of fused-ring (bicyclic) bond motifs is 2. The summed E-state index contributed by atoms with van der Waals surface area (Å²) in [5.74, 6) is -8.21. The first-order valence-electron chi connectivity index (χ1n) is 19.8. The highest BCUT2D eigenvalue weighted by Gasteiger charge is 2.47. The molecule has 17 nitrogen and oxygen atoms in total. The summed E-state index contributed by atoms with van der Waals surface area (Å²) in [4.78, 5) is 101. The zero-order valence-electron chi connectivity index (χ0n) is 34.3. The van der Waals surface area contributed by atoms with Crippen LogP contribution in [0, 0.1) is 17.6 Å². The van der Waals surface area contributed by atoms with Gasteiger partial charge in [-0.1, -0.05) is 6.92 Å². The Balaban J connectivity index is 1.49. The number of anilines is 1. The Morgan fingerprint density at radius 3 is 2.21 bits per heavy atom. The van der Waals surface area contributed by atoms with Crippen molar-refractivity contribution in [1.82, 2.24) is 30.7 Å². The maximum atomic E-state index is 14.6. The molecule has 3 aliphatic rings. The number of alkyl halides is 3. The molecule has 7 amide bonds. The van der Waals surface area contributed by atoms with Crippen molar-refractivity contribution in [2.45, 2.75) is 108 Å². The number of cyclic esters (lactones) is 1. The minimum Gasteiger partial charge on any atom is -0.458 e. The second-order valence-corrected chi connectivity index (χ2v) is 15.7. The number of hydrogen-bond acceptors (Lipinski definition) is 10. The van der Waals surface area contributed by atoms with Crippen molar-refractivity contribution in [2.24, 2.45) is 5.92 Å². The largest absolute Gasteiger partial charge is 0.573 e. The Kier molecular flexibility index (Phi) is 14.7. The predicted octanol–water partition coefficient (Wildman–Crippen LogP) is 1.97. The predicted molar refractivity (Wildman–Crippen MR) is 206 cm³/mol. The van der Waals surface area contributed by atoms with Crippen molar-refractivity contribution < 1.29 is 70.1 Å². The number of amides is 7. The molecule has 0 bridgehead atoms. The van der Waals surface area contributed by atoms with Gasteiger partial charge in [0.25, 0.3) is 0 Å². The van der Waals surface area contributed by atoms with Gasteiger partial charge in [0.2, 0.25) is 29.5 Å². The van der Waals surface area contributed by atoms with Gasteiger partial charge < -0.3 is 50.5 Å². The van der Waals surface area contributed by atoms with Crippen molar-refractivity contribution in [3.8, 4) is 5.75 Å². The van der Waals surface area contributed by atoms with Crippen LogP contribution in [0.5, 0.6) is 5.75 Å². The summed E-state index contributed by atoms with van der Waals surface area (Å²) in [5, 5.41) is 20.4. The van der Waals surface area contributed by atoms with Crippen LogP contribution in [0.1, 0.15) is 52.5 Å². The van der Waals surface area contributed by atoms with E-state index < -0.39 is 120 Å². The number of rotatable bonds is 8. The Bertz CT molecular complexity index is 2020. The van der Waals surface area contributed by atoms with Gasteiger partial charge in [-0.3, -0.25) is 24.0 Å². The van der Waals surface area contributed by atoms with Gasteiger partial charge in [0.15, 0.2) is 0 Å². The first kappa shape index (κ1) is 47.0. The number of benzene rings is 2. The van der Waals surface area contributed by atoms with Gasteiger partial charge in [0.1, 0.15) is 59.7 Å². The van der Waals surface area contributed by atoms with Crippen LogP contribution in [0.2, 0.25) is 0 Å². The second kappa shape index (κ2) is 19.3. The summed E-state index contributed by atoms with van der Waals surface area (Å²) in [6.07, 6.45) is -8.05. The van der Waals surface area contributed by atoms with Crippen molar-refractivity contribution >= 4 is 47.2 Å². The lowest BCUT2D eigenvalue weighted by atomic mass is 10.0. The molecule has 1 unspecified atom stereocenters. The van der Waals surface area contributed by atoms with E-state index in [1.165, 1.54) is 32.7 Å². The zero-order valence-corrected chi connectivity index (χ0v) is 34.3. The lowest BCUT2D eigenvalue weighted by molar-refractivity contribution is -0.274. The maximum absolute atomic E-state index is 14.6.